The molecule has 1 aromatic carbocycles. The van der Waals surface area contributed by atoms with Crippen molar-refractivity contribution in [2.45, 2.75) is 30.8 Å². The van der Waals surface area contributed by atoms with Gasteiger partial charge in [-0.15, -0.1) is 0 Å². The summed E-state index contributed by atoms with van der Waals surface area (Å²) in [5.41, 5.74) is 1.40. The van der Waals surface area contributed by atoms with E-state index in [1.807, 2.05) is 6.07 Å². The molecule has 0 aliphatic carbocycles. The molecule has 0 aromatic heterocycles. The van der Waals surface area contributed by atoms with E-state index in [1.165, 1.54) is 31.5 Å². The molecule has 1 N–H and O–H groups in total. The van der Waals surface area contributed by atoms with Crippen molar-refractivity contribution in [3.8, 4) is 5.75 Å². The molecule has 25 heavy (non-hydrogen) atoms. The van der Waals surface area contributed by atoms with Gasteiger partial charge in [0, 0.05) is 31.1 Å². The largest absolute Gasteiger partial charge is 0.497 e. The van der Waals surface area contributed by atoms with Gasteiger partial charge in [0.15, 0.2) is 0 Å². The third-order valence-corrected chi connectivity index (χ3v) is 6.37. The number of aliphatic hydroxyl groups excluding tert-OH is 1. The van der Waals surface area contributed by atoms with Gasteiger partial charge in [-0.3, -0.25) is 9.80 Å². The number of hydrogen-bond donors (Lipinski definition) is 1. The van der Waals surface area contributed by atoms with Gasteiger partial charge in [-0.05, 0) is 49.5 Å². The van der Waals surface area contributed by atoms with Crippen molar-refractivity contribution in [2.75, 3.05) is 53.1 Å². The quantitative estimate of drug-likeness (QED) is 0.759. The Morgan fingerprint density at radius 2 is 2.00 bits per heavy atom. The Bertz CT molecular complexity index is 574. The van der Waals surface area contributed by atoms with Crippen LogP contribution in [-0.4, -0.2) is 80.1 Å². The highest BCUT2D eigenvalue weighted by atomic mass is 16.5. The maximum Gasteiger partial charge on any atom is 0.119 e. The van der Waals surface area contributed by atoms with Crippen LogP contribution in [0.3, 0.4) is 0 Å². The Balaban J connectivity index is 1.55. The Kier molecular flexibility index (Phi) is 5.27. The summed E-state index contributed by atoms with van der Waals surface area (Å²) in [6.07, 6.45) is 2.67. The van der Waals surface area contributed by atoms with Crippen molar-refractivity contribution in [2.24, 2.45) is 5.92 Å². The van der Waals surface area contributed by atoms with Crippen molar-refractivity contribution >= 4 is 0 Å². The van der Waals surface area contributed by atoms with E-state index in [1.54, 1.807) is 7.11 Å². The predicted octanol–water partition coefficient (Wildman–Crippen LogP) is 1.57. The van der Waals surface area contributed by atoms with Gasteiger partial charge in [-0.25, -0.2) is 0 Å². The first kappa shape index (κ1) is 17.3. The van der Waals surface area contributed by atoms with Gasteiger partial charge < -0.3 is 14.6 Å². The molecular formula is C20H30N2O3. The van der Waals surface area contributed by atoms with Crippen LogP contribution < -0.4 is 4.74 Å². The molecule has 0 amide bonds. The number of nitrogens with zero attached hydrogens (tertiary/aromatic N) is 2. The summed E-state index contributed by atoms with van der Waals surface area (Å²) >= 11 is 0. The van der Waals surface area contributed by atoms with Gasteiger partial charge in [-0.1, -0.05) is 12.1 Å². The van der Waals surface area contributed by atoms with E-state index in [2.05, 4.69) is 28.0 Å². The first-order chi connectivity index (χ1) is 12.3. The first-order valence-corrected chi connectivity index (χ1v) is 9.62. The number of piperidine rings is 3. The van der Waals surface area contributed by atoms with Gasteiger partial charge in [0.05, 0.1) is 26.9 Å². The van der Waals surface area contributed by atoms with Gasteiger partial charge >= 0.3 is 0 Å². The van der Waals surface area contributed by atoms with Gasteiger partial charge in [-0.2, -0.15) is 0 Å². The Hall–Kier alpha value is -1.14. The van der Waals surface area contributed by atoms with Gasteiger partial charge in [0.25, 0.3) is 0 Å². The van der Waals surface area contributed by atoms with Crippen LogP contribution in [-0.2, 0) is 4.74 Å². The molecule has 5 rings (SSSR count). The van der Waals surface area contributed by atoms with Crippen LogP contribution >= 0.6 is 0 Å². The minimum atomic E-state index is 0.106. The highest BCUT2D eigenvalue weighted by Gasteiger charge is 2.52. The van der Waals surface area contributed by atoms with Crippen molar-refractivity contribution < 1.29 is 14.6 Å². The molecule has 0 spiro atoms. The minimum absolute atomic E-state index is 0.106. The predicted molar refractivity (Wildman–Crippen MR) is 97.1 cm³/mol. The average Bonchev–Trinajstić information content (AvgIpc) is 3.08. The molecule has 4 aliphatic rings. The molecule has 5 heteroatoms. The molecule has 5 nitrogen and oxygen atoms in total. The highest BCUT2D eigenvalue weighted by molar-refractivity contribution is 5.34. The lowest BCUT2D eigenvalue weighted by Crippen LogP contribution is -2.60. The molecule has 3 atom stereocenters. The smallest absolute Gasteiger partial charge is 0.119 e. The maximum atomic E-state index is 8.91. The zero-order valence-electron chi connectivity index (χ0n) is 15.1. The lowest BCUT2D eigenvalue weighted by Gasteiger charge is -2.51. The molecular weight excluding hydrogens is 316 g/mol. The topological polar surface area (TPSA) is 45.2 Å². The molecule has 0 radical (unpaired) electrons. The normalized spacial score (nSPS) is 34.2. The molecule has 4 aliphatic heterocycles. The lowest BCUT2D eigenvalue weighted by atomic mass is 9.75. The van der Waals surface area contributed by atoms with Crippen LogP contribution in [0.1, 0.15) is 24.3 Å². The maximum absolute atomic E-state index is 8.91. The summed E-state index contributed by atoms with van der Waals surface area (Å²) in [6, 6.07) is 9.90. The van der Waals surface area contributed by atoms with E-state index >= 15 is 0 Å². The van der Waals surface area contributed by atoms with Crippen LogP contribution in [0.15, 0.2) is 24.3 Å². The molecule has 138 valence electrons. The van der Waals surface area contributed by atoms with Gasteiger partial charge in [0.2, 0.25) is 0 Å². The molecule has 2 bridgehead atoms. The molecule has 0 unspecified atom stereocenters. The highest BCUT2D eigenvalue weighted by Crippen LogP contribution is 2.46. The van der Waals surface area contributed by atoms with Crippen LogP contribution in [0, 0.1) is 5.92 Å². The summed E-state index contributed by atoms with van der Waals surface area (Å²) < 4.78 is 11.0. The standard InChI is InChI=1S/C20H30N2O3/c1-24-17-4-2-3-16(13-17)18-14-22(9-11-25-12-10-23)19-15-5-7-21(8-6-15)20(18)19/h2-4,13,15,18-20,23H,5-12,14H2,1H3/t18-,19-,20-/m1/s1. The summed E-state index contributed by atoms with van der Waals surface area (Å²) in [5.74, 6) is 2.32. The number of hydrogen-bond acceptors (Lipinski definition) is 5. The Morgan fingerprint density at radius 1 is 1.16 bits per heavy atom. The summed E-state index contributed by atoms with van der Waals surface area (Å²) in [4.78, 5) is 5.38. The zero-order valence-corrected chi connectivity index (χ0v) is 15.1. The van der Waals surface area contributed by atoms with Crippen LogP contribution in [0.4, 0.5) is 0 Å². The molecule has 4 heterocycles. The molecule has 4 saturated heterocycles. The molecule has 1 aromatic rings. The number of likely N-dealkylation sites (tertiary alicyclic amines) is 1. The van der Waals surface area contributed by atoms with Crippen LogP contribution in [0.5, 0.6) is 5.75 Å². The van der Waals surface area contributed by atoms with E-state index in [4.69, 9.17) is 14.6 Å². The van der Waals surface area contributed by atoms with E-state index < -0.39 is 0 Å². The third kappa shape index (κ3) is 3.31. The number of ether oxygens (including phenoxy) is 2. The summed E-state index contributed by atoms with van der Waals surface area (Å²) in [6.45, 7) is 5.82. The first-order valence-electron chi connectivity index (χ1n) is 9.62. The minimum Gasteiger partial charge on any atom is -0.497 e. The van der Waals surface area contributed by atoms with E-state index in [0.717, 1.165) is 24.8 Å². The lowest BCUT2D eigenvalue weighted by molar-refractivity contribution is -0.0153. The second-order valence-corrected chi connectivity index (χ2v) is 7.57. The Morgan fingerprint density at radius 3 is 2.76 bits per heavy atom. The monoisotopic (exact) mass is 346 g/mol. The summed E-state index contributed by atoms with van der Waals surface area (Å²) in [5, 5.41) is 8.91. The number of fused-ring (bicyclic) bond motifs is 2. The van der Waals surface area contributed by atoms with Gasteiger partial charge in [0.1, 0.15) is 5.75 Å². The summed E-state index contributed by atoms with van der Waals surface area (Å²) in [7, 11) is 1.74. The number of benzene rings is 1. The SMILES string of the molecule is COc1cccc([C@H]2CN(CCOCCO)[C@@H]3C4CCN(CC4)[C@H]23)c1. The average molecular weight is 346 g/mol. The second kappa shape index (κ2) is 7.62. The van der Waals surface area contributed by atoms with Crippen molar-refractivity contribution in [1.29, 1.82) is 0 Å². The second-order valence-electron chi connectivity index (χ2n) is 7.57. The van der Waals surface area contributed by atoms with E-state index in [-0.39, 0.29) is 6.61 Å². The van der Waals surface area contributed by atoms with Crippen molar-refractivity contribution in [3.05, 3.63) is 29.8 Å². The number of methoxy groups -OCH3 is 1. The Labute approximate surface area is 150 Å². The fraction of sp³-hybridized carbons (Fsp3) is 0.700. The van der Waals surface area contributed by atoms with E-state index in [9.17, 15) is 0 Å². The fourth-order valence-corrected chi connectivity index (χ4v) is 5.31. The number of rotatable bonds is 7. The van der Waals surface area contributed by atoms with E-state index in [0.29, 0.717) is 31.2 Å². The van der Waals surface area contributed by atoms with Crippen molar-refractivity contribution in [3.63, 3.8) is 0 Å². The molecule has 0 saturated carbocycles. The van der Waals surface area contributed by atoms with Crippen LogP contribution in [0.25, 0.3) is 0 Å². The number of aliphatic hydroxyl groups is 1. The van der Waals surface area contributed by atoms with Crippen LogP contribution in [0.2, 0.25) is 0 Å². The third-order valence-electron chi connectivity index (χ3n) is 6.37. The zero-order chi connectivity index (χ0) is 17.2. The molecule has 4 fully saturated rings. The fourth-order valence-electron chi connectivity index (χ4n) is 5.31. The van der Waals surface area contributed by atoms with Crippen molar-refractivity contribution in [1.82, 2.24) is 9.80 Å².